The number of benzene rings is 2. The quantitative estimate of drug-likeness (QED) is 0.691. The number of amides is 2. The zero-order chi connectivity index (χ0) is 21.1. The highest BCUT2D eigenvalue weighted by molar-refractivity contribution is 6.31. The van der Waals surface area contributed by atoms with Crippen molar-refractivity contribution < 1.29 is 4.79 Å². The van der Waals surface area contributed by atoms with Gasteiger partial charge in [-0.2, -0.15) is 4.68 Å². The lowest BCUT2D eigenvalue weighted by Crippen LogP contribution is -2.50. The van der Waals surface area contributed by atoms with Gasteiger partial charge in [-0.15, -0.1) is 0 Å². The molecule has 8 nitrogen and oxygen atoms in total. The van der Waals surface area contributed by atoms with Crippen molar-refractivity contribution in [1.82, 2.24) is 25.1 Å². The van der Waals surface area contributed by atoms with Crippen LogP contribution < -0.4 is 10.2 Å². The van der Waals surface area contributed by atoms with Crippen LogP contribution in [-0.2, 0) is 6.42 Å². The molecule has 3 aromatic rings. The minimum absolute atomic E-state index is 0.129. The summed E-state index contributed by atoms with van der Waals surface area (Å²) in [7, 11) is 0. The molecule has 0 saturated carbocycles. The van der Waals surface area contributed by atoms with E-state index in [2.05, 4.69) is 44.8 Å². The molecule has 0 aliphatic carbocycles. The molecular weight excluding hydrogens is 402 g/mol. The lowest BCUT2D eigenvalue weighted by Gasteiger charge is -2.34. The molecule has 1 saturated heterocycles. The fraction of sp³-hybridized carbons (Fsp3) is 0.333. The summed E-state index contributed by atoms with van der Waals surface area (Å²) in [6.45, 7) is 6.51. The second-order valence-corrected chi connectivity index (χ2v) is 7.71. The van der Waals surface area contributed by atoms with Gasteiger partial charge in [0.05, 0.1) is 5.69 Å². The number of rotatable bonds is 4. The zero-order valence-electron chi connectivity index (χ0n) is 17.0. The van der Waals surface area contributed by atoms with E-state index in [0.29, 0.717) is 37.1 Å². The van der Waals surface area contributed by atoms with Gasteiger partial charge in [0.25, 0.3) is 0 Å². The minimum atomic E-state index is -0.129. The van der Waals surface area contributed by atoms with E-state index in [9.17, 15) is 4.79 Å². The highest BCUT2D eigenvalue weighted by Crippen LogP contribution is 2.22. The fourth-order valence-electron chi connectivity index (χ4n) is 3.49. The van der Waals surface area contributed by atoms with Gasteiger partial charge < -0.3 is 15.1 Å². The van der Waals surface area contributed by atoms with Crippen LogP contribution in [0.1, 0.15) is 18.1 Å². The maximum Gasteiger partial charge on any atom is 0.321 e. The molecule has 0 unspecified atom stereocenters. The first-order valence-electron chi connectivity index (χ1n) is 10.00. The Balaban J connectivity index is 1.42. The molecule has 2 heterocycles. The van der Waals surface area contributed by atoms with E-state index in [-0.39, 0.29) is 6.03 Å². The van der Waals surface area contributed by atoms with E-state index >= 15 is 0 Å². The number of anilines is 2. The Morgan fingerprint density at radius 3 is 2.70 bits per heavy atom. The summed E-state index contributed by atoms with van der Waals surface area (Å²) in [4.78, 5) is 16.6. The van der Waals surface area contributed by atoms with Gasteiger partial charge in [0.15, 0.2) is 0 Å². The number of piperazine rings is 1. The molecule has 4 rings (SSSR count). The Labute approximate surface area is 180 Å². The van der Waals surface area contributed by atoms with Gasteiger partial charge in [0.2, 0.25) is 5.95 Å². The monoisotopic (exact) mass is 425 g/mol. The third-order valence-electron chi connectivity index (χ3n) is 5.31. The Hall–Kier alpha value is -3.13. The van der Waals surface area contributed by atoms with Crippen LogP contribution in [0.5, 0.6) is 0 Å². The SMILES string of the molecule is CCc1cccc(-n2nnnc2N2CCN(C(=O)Nc3cc(Cl)ccc3C)CC2)c1. The summed E-state index contributed by atoms with van der Waals surface area (Å²) in [6.07, 6.45) is 0.950. The highest BCUT2D eigenvalue weighted by atomic mass is 35.5. The number of hydrogen-bond acceptors (Lipinski definition) is 5. The molecule has 1 aliphatic rings. The molecule has 1 fully saturated rings. The van der Waals surface area contributed by atoms with Crippen molar-refractivity contribution in [2.45, 2.75) is 20.3 Å². The van der Waals surface area contributed by atoms with E-state index in [1.54, 1.807) is 15.6 Å². The third kappa shape index (κ3) is 4.23. The van der Waals surface area contributed by atoms with Gasteiger partial charge in [0, 0.05) is 36.9 Å². The first-order valence-corrected chi connectivity index (χ1v) is 10.4. The van der Waals surface area contributed by atoms with E-state index in [1.165, 1.54) is 5.56 Å². The van der Waals surface area contributed by atoms with E-state index in [4.69, 9.17) is 11.6 Å². The van der Waals surface area contributed by atoms with E-state index in [0.717, 1.165) is 23.4 Å². The maximum atomic E-state index is 12.7. The zero-order valence-corrected chi connectivity index (χ0v) is 17.8. The highest BCUT2D eigenvalue weighted by Gasteiger charge is 2.25. The summed E-state index contributed by atoms with van der Waals surface area (Å²) >= 11 is 6.05. The number of carbonyl (C=O) groups excluding carboxylic acids is 1. The van der Waals surface area contributed by atoms with Gasteiger partial charge in [0.1, 0.15) is 0 Å². The van der Waals surface area contributed by atoms with Crippen LogP contribution in [0.4, 0.5) is 16.4 Å². The van der Waals surface area contributed by atoms with Crippen LogP contribution in [0.2, 0.25) is 5.02 Å². The molecule has 156 valence electrons. The average molecular weight is 426 g/mol. The number of nitrogens with one attached hydrogen (secondary N) is 1. The van der Waals surface area contributed by atoms with Crippen LogP contribution in [0.15, 0.2) is 42.5 Å². The normalized spacial score (nSPS) is 14.1. The van der Waals surface area contributed by atoms with Crippen molar-refractivity contribution in [3.05, 3.63) is 58.6 Å². The fourth-order valence-corrected chi connectivity index (χ4v) is 3.66. The predicted octanol–water partition coefficient (Wildman–Crippen LogP) is 3.54. The van der Waals surface area contributed by atoms with Crippen molar-refractivity contribution in [3.63, 3.8) is 0 Å². The van der Waals surface area contributed by atoms with Gasteiger partial charge in [-0.05, 0) is 59.2 Å². The van der Waals surface area contributed by atoms with Gasteiger partial charge in [-0.1, -0.05) is 41.8 Å². The number of nitrogens with zero attached hydrogens (tertiary/aromatic N) is 6. The molecule has 1 aromatic heterocycles. The predicted molar refractivity (Wildman–Crippen MR) is 118 cm³/mol. The molecule has 30 heavy (non-hydrogen) atoms. The van der Waals surface area contributed by atoms with Gasteiger partial charge in [-0.3, -0.25) is 0 Å². The summed E-state index contributed by atoms with van der Waals surface area (Å²) in [5.74, 6) is 0.689. The molecule has 2 amide bonds. The van der Waals surface area contributed by atoms with Crippen LogP contribution in [0, 0.1) is 6.92 Å². The minimum Gasteiger partial charge on any atom is -0.336 e. The van der Waals surface area contributed by atoms with E-state index in [1.807, 2.05) is 31.2 Å². The molecule has 0 radical (unpaired) electrons. The topological polar surface area (TPSA) is 79.2 Å². The van der Waals surface area contributed by atoms with Gasteiger partial charge in [-0.25, -0.2) is 4.79 Å². The second kappa shape index (κ2) is 8.71. The van der Waals surface area contributed by atoms with Gasteiger partial charge >= 0.3 is 6.03 Å². The van der Waals surface area contributed by atoms with Crippen molar-refractivity contribution >= 4 is 29.3 Å². The number of tetrazole rings is 1. The third-order valence-corrected chi connectivity index (χ3v) is 5.54. The summed E-state index contributed by atoms with van der Waals surface area (Å²) in [6, 6.07) is 13.5. The number of hydrogen-bond donors (Lipinski definition) is 1. The van der Waals surface area contributed by atoms with Crippen LogP contribution in [0.3, 0.4) is 0 Å². The molecule has 1 N–H and O–H groups in total. The first-order chi connectivity index (χ1) is 14.5. The van der Waals surface area contributed by atoms with Crippen molar-refractivity contribution in [1.29, 1.82) is 0 Å². The average Bonchev–Trinajstić information content (AvgIpc) is 3.26. The standard InChI is InChI=1S/C21H24ClN7O/c1-3-16-5-4-6-18(13-16)29-20(24-25-26-29)27-9-11-28(12-10-27)21(30)23-19-14-17(22)8-7-15(19)2/h4-8,13-14H,3,9-12H2,1-2H3,(H,23,30). The molecule has 0 spiro atoms. The molecule has 2 aromatic carbocycles. The van der Waals surface area contributed by atoms with E-state index < -0.39 is 0 Å². The maximum absolute atomic E-state index is 12.7. The second-order valence-electron chi connectivity index (χ2n) is 7.28. The summed E-state index contributed by atoms with van der Waals surface area (Å²) < 4.78 is 1.75. The number of aromatic nitrogens is 4. The van der Waals surface area contributed by atoms with Crippen LogP contribution in [0.25, 0.3) is 5.69 Å². The smallest absolute Gasteiger partial charge is 0.321 e. The molecule has 0 atom stereocenters. The lowest BCUT2D eigenvalue weighted by atomic mass is 10.1. The Bertz CT molecular complexity index is 1040. The lowest BCUT2D eigenvalue weighted by molar-refractivity contribution is 0.208. The molecule has 0 bridgehead atoms. The van der Waals surface area contributed by atoms with Crippen molar-refractivity contribution in [2.24, 2.45) is 0 Å². The van der Waals surface area contributed by atoms with Crippen LogP contribution >= 0.6 is 11.6 Å². The number of urea groups is 1. The first kappa shape index (κ1) is 20.2. The molecular formula is C21H24ClN7O. The van der Waals surface area contributed by atoms with Crippen LogP contribution in [-0.4, -0.2) is 57.3 Å². The molecule has 9 heteroatoms. The largest absolute Gasteiger partial charge is 0.336 e. The Morgan fingerprint density at radius 1 is 1.13 bits per heavy atom. The number of halogens is 1. The summed E-state index contributed by atoms with van der Waals surface area (Å²) in [5, 5.41) is 15.8. The van der Waals surface area contributed by atoms with Crippen molar-refractivity contribution in [3.8, 4) is 5.69 Å². The Morgan fingerprint density at radius 2 is 1.93 bits per heavy atom. The Kier molecular flexibility index (Phi) is 5.85. The number of aryl methyl sites for hydroxylation is 2. The van der Waals surface area contributed by atoms with Crippen molar-refractivity contribution in [2.75, 3.05) is 36.4 Å². The molecule has 1 aliphatic heterocycles. The number of carbonyl (C=O) groups is 1. The summed E-state index contributed by atoms with van der Waals surface area (Å²) in [5.41, 5.74) is 3.87.